The van der Waals surface area contributed by atoms with E-state index in [-0.39, 0.29) is 0 Å². The minimum Gasteiger partial charge on any atom is -0.379 e. The fourth-order valence-corrected chi connectivity index (χ4v) is 1.28. The smallest absolute Gasteiger partial charge is 0.279 e. The lowest BCUT2D eigenvalue weighted by atomic mass is 10.4. The van der Waals surface area contributed by atoms with Crippen molar-refractivity contribution in [3.8, 4) is 0 Å². The van der Waals surface area contributed by atoms with Crippen LogP contribution in [0.25, 0.3) is 0 Å². The van der Waals surface area contributed by atoms with Crippen LogP contribution in [0.1, 0.15) is 40.5 Å². The Labute approximate surface area is 99.2 Å². The average molecular weight is 234 g/mol. The Hall–Kier alpha value is -0.160. The zero-order valence-corrected chi connectivity index (χ0v) is 11.1. The van der Waals surface area contributed by atoms with Crippen LogP contribution in [0.3, 0.4) is 0 Å². The van der Waals surface area contributed by atoms with Crippen LogP contribution < -0.4 is 0 Å². The Morgan fingerprint density at radius 3 is 1.94 bits per heavy atom. The number of hydrogen-bond acceptors (Lipinski definition) is 4. The number of ether oxygens (including phenoxy) is 4. The van der Waals surface area contributed by atoms with Gasteiger partial charge < -0.3 is 18.9 Å². The molecule has 0 N–H and O–H groups in total. The lowest BCUT2D eigenvalue weighted by molar-refractivity contribution is -0.368. The van der Waals surface area contributed by atoms with E-state index in [2.05, 4.69) is 6.92 Å². The van der Waals surface area contributed by atoms with Gasteiger partial charge in [-0.15, -0.1) is 0 Å². The van der Waals surface area contributed by atoms with Gasteiger partial charge in [-0.2, -0.15) is 0 Å². The zero-order chi connectivity index (χ0) is 12.3. The first-order valence-corrected chi connectivity index (χ1v) is 6.18. The maximum Gasteiger partial charge on any atom is 0.279 e. The lowest BCUT2D eigenvalue weighted by Gasteiger charge is -2.28. The van der Waals surface area contributed by atoms with Crippen LogP contribution in [-0.2, 0) is 18.9 Å². The first-order chi connectivity index (χ1) is 7.68. The van der Waals surface area contributed by atoms with Crippen molar-refractivity contribution in [2.45, 2.75) is 46.5 Å². The molecule has 0 aliphatic heterocycles. The largest absolute Gasteiger partial charge is 0.379 e. The summed E-state index contributed by atoms with van der Waals surface area (Å²) in [7, 11) is 0. The summed E-state index contributed by atoms with van der Waals surface area (Å²) < 4.78 is 21.7. The summed E-state index contributed by atoms with van der Waals surface area (Å²) in [6.45, 7) is 10.7. The van der Waals surface area contributed by atoms with E-state index in [0.717, 1.165) is 19.4 Å². The molecule has 0 aliphatic rings. The molecule has 0 bridgehead atoms. The van der Waals surface area contributed by atoms with Crippen molar-refractivity contribution < 1.29 is 18.9 Å². The molecule has 4 heteroatoms. The highest BCUT2D eigenvalue weighted by atomic mass is 16.9. The van der Waals surface area contributed by atoms with Crippen molar-refractivity contribution in [1.29, 1.82) is 0 Å². The van der Waals surface area contributed by atoms with Gasteiger partial charge in [0.15, 0.2) is 0 Å². The molecule has 0 rings (SSSR count). The van der Waals surface area contributed by atoms with Gasteiger partial charge in [0.25, 0.3) is 5.97 Å². The topological polar surface area (TPSA) is 36.9 Å². The van der Waals surface area contributed by atoms with E-state index in [1.807, 2.05) is 13.8 Å². The molecule has 0 aromatic heterocycles. The molecule has 98 valence electrons. The summed E-state index contributed by atoms with van der Waals surface area (Å²) in [5.74, 6) is -0.933. The molecular weight excluding hydrogens is 208 g/mol. The molecule has 0 fully saturated rings. The molecule has 0 amide bonds. The highest BCUT2D eigenvalue weighted by molar-refractivity contribution is 4.47. The fourth-order valence-electron chi connectivity index (χ4n) is 1.28. The van der Waals surface area contributed by atoms with Crippen LogP contribution in [-0.4, -0.2) is 39.0 Å². The van der Waals surface area contributed by atoms with Crippen LogP contribution in [0.15, 0.2) is 0 Å². The molecule has 0 saturated carbocycles. The molecule has 0 aliphatic carbocycles. The maximum atomic E-state index is 5.52. The molecule has 16 heavy (non-hydrogen) atoms. The summed E-state index contributed by atoms with van der Waals surface area (Å²) in [5.41, 5.74) is 0. The third kappa shape index (κ3) is 8.05. The van der Waals surface area contributed by atoms with E-state index in [9.17, 15) is 0 Å². The first-order valence-electron chi connectivity index (χ1n) is 6.18. The monoisotopic (exact) mass is 234 g/mol. The zero-order valence-electron chi connectivity index (χ0n) is 11.1. The molecule has 0 radical (unpaired) electrons. The molecule has 0 unspecified atom stereocenters. The second kappa shape index (κ2) is 10.0. The van der Waals surface area contributed by atoms with Crippen LogP contribution in [0, 0.1) is 0 Å². The van der Waals surface area contributed by atoms with Gasteiger partial charge >= 0.3 is 0 Å². The molecule has 0 saturated heterocycles. The van der Waals surface area contributed by atoms with E-state index in [0.29, 0.717) is 26.4 Å². The Morgan fingerprint density at radius 2 is 1.44 bits per heavy atom. The van der Waals surface area contributed by atoms with Crippen molar-refractivity contribution in [3.63, 3.8) is 0 Å². The third-order valence-corrected chi connectivity index (χ3v) is 2.05. The Balaban J connectivity index is 3.59. The number of hydrogen-bond donors (Lipinski definition) is 0. The summed E-state index contributed by atoms with van der Waals surface area (Å²) >= 11 is 0. The van der Waals surface area contributed by atoms with Gasteiger partial charge in [0.1, 0.15) is 0 Å². The Kier molecular flexibility index (Phi) is 9.92. The van der Waals surface area contributed by atoms with Crippen molar-refractivity contribution in [1.82, 2.24) is 0 Å². The van der Waals surface area contributed by atoms with Gasteiger partial charge in [-0.3, -0.25) is 0 Å². The molecule has 0 atom stereocenters. The van der Waals surface area contributed by atoms with Crippen LogP contribution in [0.2, 0.25) is 0 Å². The van der Waals surface area contributed by atoms with Crippen LogP contribution in [0.4, 0.5) is 0 Å². The van der Waals surface area contributed by atoms with Crippen molar-refractivity contribution in [2.75, 3.05) is 33.0 Å². The fraction of sp³-hybridized carbons (Fsp3) is 1.00. The van der Waals surface area contributed by atoms with E-state index < -0.39 is 5.97 Å². The minimum absolute atomic E-state index is 0.486. The van der Waals surface area contributed by atoms with Gasteiger partial charge in [-0.25, -0.2) is 0 Å². The molecule has 0 aromatic carbocycles. The highest BCUT2D eigenvalue weighted by Crippen LogP contribution is 2.13. The highest BCUT2D eigenvalue weighted by Gasteiger charge is 2.25. The summed E-state index contributed by atoms with van der Waals surface area (Å²) in [6, 6.07) is 0. The van der Waals surface area contributed by atoms with Gasteiger partial charge in [0, 0.05) is 26.7 Å². The normalized spacial score (nSPS) is 12.0. The summed E-state index contributed by atoms with van der Waals surface area (Å²) in [5, 5.41) is 0. The quantitative estimate of drug-likeness (QED) is 0.407. The average Bonchev–Trinajstić information content (AvgIpc) is 2.24. The molecular formula is C12H26O4. The standard InChI is InChI=1S/C12H26O4/c1-5-8-9-13-10-11-16-12(4,14-6-2)15-7-3/h5-11H2,1-4H3. The molecule has 0 spiro atoms. The summed E-state index contributed by atoms with van der Waals surface area (Å²) in [4.78, 5) is 0. The lowest BCUT2D eigenvalue weighted by Crippen LogP contribution is -2.37. The van der Waals surface area contributed by atoms with E-state index in [1.165, 1.54) is 0 Å². The molecule has 4 nitrogen and oxygen atoms in total. The second-order valence-electron chi connectivity index (χ2n) is 3.54. The Bertz CT molecular complexity index is 144. The van der Waals surface area contributed by atoms with Crippen LogP contribution >= 0.6 is 0 Å². The van der Waals surface area contributed by atoms with E-state index in [4.69, 9.17) is 18.9 Å². The van der Waals surface area contributed by atoms with Crippen LogP contribution in [0.5, 0.6) is 0 Å². The third-order valence-electron chi connectivity index (χ3n) is 2.05. The van der Waals surface area contributed by atoms with Crippen molar-refractivity contribution >= 4 is 0 Å². The second-order valence-corrected chi connectivity index (χ2v) is 3.54. The predicted molar refractivity (Wildman–Crippen MR) is 63.3 cm³/mol. The number of unbranched alkanes of at least 4 members (excludes halogenated alkanes) is 1. The number of rotatable bonds is 11. The van der Waals surface area contributed by atoms with Gasteiger partial charge in [0.05, 0.1) is 13.2 Å². The predicted octanol–water partition coefficient (Wildman–Crippen LogP) is 2.57. The maximum absolute atomic E-state index is 5.52. The van der Waals surface area contributed by atoms with Gasteiger partial charge in [-0.1, -0.05) is 13.3 Å². The molecule has 0 aromatic rings. The summed E-state index contributed by atoms with van der Waals surface area (Å²) in [6.07, 6.45) is 2.24. The molecule has 0 heterocycles. The van der Waals surface area contributed by atoms with Crippen molar-refractivity contribution in [2.24, 2.45) is 0 Å². The van der Waals surface area contributed by atoms with E-state index >= 15 is 0 Å². The first kappa shape index (κ1) is 15.8. The van der Waals surface area contributed by atoms with Gasteiger partial charge in [0.2, 0.25) is 0 Å². The SMILES string of the molecule is CCCCOCCOC(C)(OCC)OCC. The van der Waals surface area contributed by atoms with E-state index in [1.54, 1.807) is 6.92 Å². The van der Waals surface area contributed by atoms with Gasteiger partial charge in [-0.05, 0) is 20.3 Å². The minimum atomic E-state index is -0.933. The Morgan fingerprint density at radius 1 is 0.812 bits per heavy atom. The van der Waals surface area contributed by atoms with Crippen molar-refractivity contribution in [3.05, 3.63) is 0 Å².